The molecular formula is C19H26N2O3. The average Bonchev–Trinajstić information content (AvgIpc) is 2.62. The summed E-state index contributed by atoms with van der Waals surface area (Å²) >= 11 is 0. The monoisotopic (exact) mass is 330 g/mol. The van der Waals surface area contributed by atoms with E-state index in [1.165, 1.54) is 18.3 Å². The van der Waals surface area contributed by atoms with Gasteiger partial charge in [0.2, 0.25) is 5.91 Å². The number of carbonyl (C=O) groups is 2. The van der Waals surface area contributed by atoms with Crippen LogP contribution in [0.15, 0.2) is 41.5 Å². The van der Waals surface area contributed by atoms with Gasteiger partial charge in [-0.3, -0.25) is 9.59 Å². The van der Waals surface area contributed by atoms with Crippen LogP contribution >= 0.6 is 0 Å². The van der Waals surface area contributed by atoms with Gasteiger partial charge in [0.25, 0.3) is 0 Å². The van der Waals surface area contributed by atoms with Gasteiger partial charge in [-0.15, -0.1) is 0 Å². The minimum absolute atomic E-state index is 0.0482. The van der Waals surface area contributed by atoms with Crippen LogP contribution in [0.3, 0.4) is 0 Å². The summed E-state index contributed by atoms with van der Waals surface area (Å²) in [4.78, 5) is 24.5. The summed E-state index contributed by atoms with van der Waals surface area (Å²) in [7, 11) is 1.40. The fraction of sp³-hybridized carbons (Fsp3) is 0.474. The maximum Gasteiger partial charge on any atom is 0.314 e. The highest BCUT2D eigenvalue weighted by Gasteiger charge is 2.49. The molecule has 24 heavy (non-hydrogen) atoms. The molecule has 3 N–H and O–H groups in total. The minimum Gasteiger partial charge on any atom is -0.469 e. The van der Waals surface area contributed by atoms with Crippen LogP contribution < -0.4 is 11.1 Å². The maximum absolute atomic E-state index is 12.8. The van der Waals surface area contributed by atoms with Gasteiger partial charge < -0.3 is 15.8 Å². The van der Waals surface area contributed by atoms with Crippen molar-refractivity contribution in [1.29, 1.82) is 0 Å². The number of benzene rings is 1. The summed E-state index contributed by atoms with van der Waals surface area (Å²) in [6, 6.07) is 9.95. The second kappa shape index (κ2) is 7.62. The fourth-order valence-electron chi connectivity index (χ4n) is 3.55. The molecule has 1 amide bonds. The lowest BCUT2D eigenvalue weighted by atomic mass is 9.62. The number of hydrogen-bond acceptors (Lipinski definition) is 4. The molecule has 0 fully saturated rings. The molecule has 2 rings (SSSR count). The molecule has 2 atom stereocenters. The van der Waals surface area contributed by atoms with Crippen molar-refractivity contribution < 1.29 is 14.3 Å². The molecule has 0 spiro atoms. The quantitative estimate of drug-likeness (QED) is 0.640. The Kier molecular flexibility index (Phi) is 5.78. The number of rotatable bonds is 5. The molecule has 130 valence electrons. The van der Waals surface area contributed by atoms with E-state index in [1.807, 2.05) is 37.3 Å². The number of esters is 1. The highest BCUT2D eigenvalue weighted by Crippen LogP contribution is 2.49. The Balaban J connectivity index is 2.49. The molecule has 1 aromatic carbocycles. The van der Waals surface area contributed by atoms with Crippen LogP contribution in [0.4, 0.5) is 0 Å². The smallest absolute Gasteiger partial charge is 0.314 e. The third-order valence-electron chi connectivity index (χ3n) is 5.07. The number of nitrogens with one attached hydrogen (secondary N) is 1. The first-order valence-corrected chi connectivity index (χ1v) is 8.20. The zero-order chi connectivity index (χ0) is 17.7. The van der Waals surface area contributed by atoms with Crippen molar-refractivity contribution in [2.24, 2.45) is 11.1 Å². The summed E-state index contributed by atoms with van der Waals surface area (Å²) in [6.45, 7) is 4.27. The van der Waals surface area contributed by atoms with E-state index >= 15 is 0 Å². The van der Waals surface area contributed by atoms with Crippen LogP contribution in [0.2, 0.25) is 0 Å². The Bertz CT molecular complexity index is 639. The van der Waals surface area contributed by atoms with Crippen molar-refractivity contribution in [2.75, 3.05) is 20.2 Å². The lowest BCUT2D eigenvalue weighted by Gasteiger charge is -2.43. The molecule has 0 unspecified atom stereocenters. The van der Waals surface area contributed by atoms with E-state index < -0.39 is 5.41 Å². The lowest BCUT2D eigenvalue weighted by Crippen LogP contribution is -2.50. The maximum atomic E-state index is 12.8. The van der Waals surface area contributed by atoms with Crippen LogP contribution in [0, 0.1) is 5.41 Å². The molecule has 5 nitrogen and oxygen atoms in total. The Morgan fingerprint density at radius 1 is 1.25 bits per heavy atom. The zero-order valence-electron chi connectivity index (χ0n) is 14.6. The molecule has 0 bridgehead atoms. The second-order valence-electron chi connectivity index (χ2n) is 6.53. The second-order valence-corrected chi connectivity index (χ2v) is 6.53. The normalized spacial score (nSPS) is 23.8. The summed E-state index contributed by atoms with van der Waals surface area (Å²) in [5.41, 5.74) is 8.12. The zero-order valence-corrected chi connectivity index (χ0v) is 14.6. The van der Waals surface area contributed by atoms with Crippen molar-refractivity contribution in [3.05, 3.63) is 47.0 Å². The SMILES string of the molecule is COC(=O)[C@]1(CNC(=O)CN)CC(C)=C(C)C[C@H]1c1ccccc1. The molecule has 0 saturated heterocycles. The Morgan fingerprint density at radius 3 is 2.50 bits per heavy atom. The van der Waals surface area contributed by atoms with Gasteiger partial charge in [0.05, 0.1) is 19.1 Å². The number of allylic oxidation sites excluding steroid dienone is 2. The van der Waals surface area contributed by atoms with Gasteiger partial charge in [0, 0.05) is 12.5 Å². The average molecular weight is 330 g/mol. The number of ether oxygens (including phenoxy) is 1. The summed E-state index contributed by atoms with van der Waals surface area (Å²) in [5, 5.41) is 2.81. The first-order chi connectivity index (χ1) is 11.4. The van der Waals surface area contributed by atoms with Gasteiger partial charge in [0.15, 0.2) is 0 Å². The number of carbonyl (C=O) groups excluding carboxylic acids is 2. The van der Waals surface area contributed by atoms with Crippen molar-refractivity contribution in [3.63, 3.8) is 0 Å². The van der Waals surface area contributed by atoms with Crippen molar-refractivity contribution >= 4 is 11.9 Å². The van der Waals surface area contributed by atoms with E-state index in [9.17, 15) is 9.59 Å². The van der Waals surface area contributed by atoms with Gasteiger partial charge in [-0.2, -0.15) is 0 Å². The predicted molar refractivity (Wildman–Crippen MR) is 93.3 cm³/mol. The number of nitrogens with two attached hydrogens (primary N) is 1. The highest BCUT2D eigenvalue weighted by atomic mass is 16.5. The topological polar surface area (TPSA) is 81.4 Å². The molecule has 0 heterocycles. The molecule has 1 aromatic rings. The Hall–Kier alpha value is -2.14. The summed E-state index contributed by atoms with van der Waals surface area (Å²) in [6.07, 6.45) is 1.33. The van der Waals surface area contributed by atoms with Crippen molar-refractivity contribution in [3.8, 4) is 0 Å². The predicted octanol–water partition coefficient (Wildman–Crippen LogP) is 2.13. The molecule has 1 aliphatic carbocycles. The third-order valence-corrected chi connectivity index (χ3v) is 5.07. The first kappa shape index (κ1) is 18.2. The number of hydrogen-bond donors (Lipinski definition) is 2. The third kappa shape index (κ3) is 3.51. The fourth-order valence-corrected chi connectivity index (χ4v) is 3.55. The molecule has 1 aliphatic rings. The van der Waals surface area contributed by atoms with Crippen LogP contribution in [0.5, 0.6) is 0 Å². The van der Waals surface area contributed by atoms with Crippen LogP contribution in [-0.2, 0) is 14.3 Å². The first-order valence-electron chi connectivity index (χ1n) is 8.20. The lowest BCUT2D eigenvalue weighted by molar-refractivity contribution is -0.154. The largest absolute Gasteiger partial charge is 0.469 e. The van der Waals surface area contributed by atoms with Crippen LogP contribution in [0.1, 0.15) is 38.2 Å². The number of methoxy groups -OCH3 is 1. The van der Waals surface area contributed by atoms with Gasteiger partial charge in [-0.1, -0.05) is 41.5 Å². The molecule has 0 radical (unpaired) electrons. The van der Waals surface area contributed by atoms with Crippen LogP contribution in [-0.4, -0.2) is 32.1 Å². The van der Waals surface area contributed by atoms with E-state index in [0.717, 1.165) is 12.0 Å². The Morgan fingerprint density at radius 2 is 1.92 bits per heavy atom. The standard InChI is InChI=1S/C19H26N2O3/c1-13-9-16(15-7-5-4-6-8-15)19(10-14(13)2,18(23)24-3)12-21-17(22)11-20/h4-8,16H,9-12,20H2,1-3H3,(H,21,22)/t16-,19-/m0/s1. The van der Waals surface area contributed by atoms with Crippen LogP contribution in [0.25, 0.3) is 0 Å². The van der Waals surface area contributed by atoms with E-state index in [-0.39, 0.29) is 30.9 Å². The highest BCUT2D eigenvalue weighted by molar-refractivity contribution is 5.82. The molecule has 0 aliphatic heterocycles. The van der Waals surface area contributed by atoms with E-state index in [1.54, 1.807) is 0 Å². The summed E-state index contributed by atoms with van der Waals surface area (Å²) in [5.74, 6) is -0.609. The van der Waals surface area contributed by atoms with E-state index in [4.69, 9.17) is 10.5 Å². The Labute approximate surface area is 143 Å². The van der Waals surface area contributed by atoms with E-state index in [2.05, 4.69) is 12.2 Å². The van der Waals surface area contributed by atoms with Gasteiger partial charge in [-0.05, 0) is 32.3 Å². The van der Waals surface area contributed by atoms with Crippen molar-refractivity contribution in [1.82, 2.24) is 5.32 Å². The molecule has 0 aromatic heterocycles. The number of amides is 1. The van der Waals surface area contributed by atoms with Crippen molar-refractivity contribution in [2.45, 2.75) is 32.6 Å². The molecule has 0 saturated carbocycles. The van der Waals surface area contributed by atoms with E-state index in [0.29, 0.717) is 6.42 Å². The minimum atomic E-state index is -0.815. The molecule has 5 heteroatoms. The van der Waals surface area contributed by atoms with Gasteiger partial charge in [0.1, 0.15) is 0 Å². The van der Waals surface area contributed by atoms with Gasteiger partial charge in [-0.25, -0.2) is 0 Å². The molecular weight excluding hydrogens is 304 g/mol. The summed E-state index contributed by atoms with van der Waals surface area (Å²) < 4.78 is 5.15. The van der Waals surface area contributed by atoms with Gasteiger partial charge >= 0.3 is 5.97 Å².